The van der Waals surface area contributed by atoms with Crippen molar-refractivity contribution in [2.75, 3.05) is 7.11 Å². The van der Waals surface area contributed by atoms with Gasteiger partial charge in [-0.2, -0.15) is 0 Å². The number of carbonyl (C=O) groups is 1. The maximum absolute atomic E-state index is 11.4. The number of methoxy groups -OCH3 is 1. The van der Waals surface area contributed by atoms with E-state index in [2.05, 4.69) is 122 Å². The lowest BCUT2D eigenvalue weighted by Gasteiger charge is -2.36. The Hall–Kier alpha value is -2.00. The summed E-state index contributed by atoms with van der Waals surface area (Å²) in [5, 5.41) is 0.340. The summed E-state index contributed by atoms with van der Waals surface area (Å²) in [6, 6.07) is 15.4. The van der Waals surface area contributed by atoms with Gasteiger partial charge in [0.1, 0.15) is 0 Å². The number of unbranched alkanes of at least 4 members (excludes halogenated alkanes) is 1. The van der Waals surface area contributed by atoms with Crippen LogP contribution in [0, 0.1) is 0 Å². The highest BCUT2D eigenvalue weighted by atomic mass is 28.4. The molecule has 0 unspecified atom stereocenters. The van der Waals surface area contributed by atoms with Gasteiger partial charge in [0.2, 0.25) is 0 Å². The van der Waals surface area contributed by atoms with Crippen LogP contribution in [0.4, 0.5) is 0 Å². The molecule has 0 spiro atoms. The van der Waals surface area contributed by atoms with Crippen LogP contribution in [0.15, 0.2) is 42.5 Å². The van der Waals surface area contributed by atoms with E-state index in [4.69, 9.17) is 13.6 Å². The Morgan fingerprint density at radius 1 is 0.725 bits per heavy atom. The lowest BCUT2D eigenvalue weighted by Crippen LogP contribution is -2.40. The molecule has 2 aromatic rings. The Bertz CT molecular complexity index is 1090. The molecule has 0 radical (unpaired) electrons. The van der Waals surface area contributed by atoms with Gasteiger partial charge in [-0.15, -0.1) is 0 Å². The highest BCUT2D eigenvalue weighted by Gasteiger charge is 2.38. The van der Waals surface area contributed by atoms with Crippen molar-refractivity contribution >= 4 is 34.8 Å². The molecule has 0 heterocycles. The summed E-state index contributed by atoms with van der Waals surface area (Å²) in [6.45, 7) is 24.2. The van der Waals surface area contributed by atoms with Gasteiger partial charge in [-0.25, -0.2) is 0 Å². The van der Waals surface area contributed by atoms with E-state index in [9.17, 15) is 4.79 Å². The molecule has 0 aromatic heterocycles. The summed E-state index contributed by atoms with van der Waals surface area (Å²) in [7, 11) is -2.28. The van der Waals surface area contributed by atoms with Crippen LogP contribution in [0.1, 0.15) is 88.6 Å². The number of carbonyl (C=O) groups excluding carboxylic acids is 1. The largest absolute Gasteiger partial charge is 0.469 e. The molecule has 0 saturated carbocycles. The predicted octanol–water partition coefficient (Wildman–Crippen LogP) is 9.79. The third kappa shape index (κ3) is 10.8. The quantitative estimate of drug-likeness (QED) is 0.102. The van der Waals surface area contributed by atoms with Gasteiger partial charge in [0.15, 0.2) is 16.6 Å². The Morgan fingerprint density at radius 2 is 1.23 bits per heavy atom. The van der Waals surface area contributed by atoms with Crippen molar-refractivity contribution in [2.45, 2.75) is 117 Å². The van der Waals surface area contributed by atoms with Crippen molar-refractivity contribution in [1.82, 2.24) is 0 Å². The number of rotatable bonds is 13. The van der Waals surface area contributed by atoms with E-state index in [0.717, 1.165) is 24.8 Å². The fourth-order valence-electron chi connectivity index (χ4n) is 3.76. The van der Waals surface area contributed by atoms with Gasteiger partial charge in [0.05, 0.1) is 20.3 Å². The van der Waals surface area contributed by atoms with Gasteiger partial charge in [0, 0.05) is 6.42 Å². The number of aryl methyl sites for hydroxylation is 1. The average molecular weight is 583 g/mol. The molecule has 2 aromatic carbocycles. The van der Waals surface area contributed by atoms with Gasteiger partial charge in [-0.3, -0.25) is 4.79 Å². The van der Waals surface area contributed by atoms with Crippen LogP contribution in [0.2, 0.25) is 36.3 Å². The fraction of sp³-hybridized carbons (Fsp3) is 0.559. The van der Waals surface area contributed by atoms with E-state index >= 15 is 0 Å². The van der Waals surface area contributed by atoms with Crippen molar-refractivity contribution in [3.63, 3.8) is 0 Å². The topological polar surface area (TPSA) is 44.8 Å². The van der Waals surface area contributed by atoms with Gasteiger partial charge in [-0.1, -0.05) is 84.0 Å². The highest BCUT2D eigenvalue weighted by molar-refractivity contribution is 6.74. The van der Waals surface area contributed by atoms with Gasteiger partial charge < -0.3 is 13.6 Å². The molecule has 6 heteroatoms. The monoisotopic (exact) mass is 582 g/mol. The van der Waals surface area contributed by atoms with Crippen LogP contribution in [0.25, 0.3) is 12.2 Å². The summed E-state index contributed by atoms with van der Waals surface area (Å²) in [5.74, 6) is -0.136. The molecular formula is C34H54O4Si2. The van der Waals surface area contributed by atoms with Crippen molar-refractivity contribution in [3.05, 3.63) is 70.3 Å². The van der Waals surface area contributed by atoms with Crippen LogP contribution < -0.4 is 0 Å². The second-order valence-corrected chi connectivity index (χ2v) is 23.7. The minimum atomic E-state index is -1.86. The molecule has 0 aliphatic carbocycles. The Morgan fingerprint density at radius 3 is 1.73 bits per heavy atom. The maximum Gasteiger partial charge on any atom is 0.305 e. The number of hydrogen-bond acceptors (Lipinski definition) is 4. The first kappa shape index (κ1) is 34.2. The van der Waals surface area contributed by atoms with E-state index in [1.165, 1.54) is 29.4 Å². The van der Waals surface area contributed by atoms with E-state index in [1.807, 2.05) is 0 Å². The zero-order valence-electron chi connectivity index (χ0n) is 27.1. The molecule has 0 N–H and O–H groups in total. The fourth-order valence-corrected chi connectivity index (χ4v) is 5.68. The molecule has 0 aliphatic rings. The molecule has 0 aliphatic heterocycles. The lowest BCUT2D eigenvalue weighted by molar-refractivity contribution is -0.140. The van der Waals surface area contributed by atoms with E-state index in [1.54, 1.807) is 0 Å². The first-order chi connectivity index (χ1) is 18.4. The summed E-state index contributed by atoms with van der Waals surface area (Å²) >= 11 is 0. The number of ether oxygens (including phenoxy) is 1. The van der Waals surface area contributed by atoms with E-state index in [0.29, 0.717) is 19.6 Å². The van der Waals surface area contributed by atoms with Crippen molar-refractivity contribution in [3.8, 4) is 0 Å². The van der Waals surface area contributed by atoms with Crippen molar-refractivity contribution in [2.24, 2.45) is 0 Å². The van der Waals surface area contributed by atoms with Crippen LogP contribution >= 0.6 is 0 Å². The lowest BCUT2D eigenvalue weighted by atomic mass is 10.0. The minimum Gasteiger partial charge on any atom is -0.469 e. The smallest absolute Gasteiger partial charge is 0.305 e. The summed E-state index contributed by atoms with van der Waals surface area (Å²) in [6.07, 6.45) is 7.62. The number of benzene rings is 2. The van der Waals surface area contributed by atoms with Gasteiger partial charge >= 0.3 is 5.97 Å². The van der Waals surface area contributed by atoms with Gasteiger partial charge in [0.25, 0.3) is 0 Å². The predicted molar refractivity (Wildman–Crippen MR) is 175 cm³/mol. The van der Waals surface area contributed by atoms with E-state index in [-0.39, 0.29) is 16.0 Å². The number of hydrogen-bond donors (Lipinski definition) is 0. The first-order valence-electron chi connectivity index (χ1n) is 14.7. The van der Waals surface area contributed by atoms with Crippen molar-refractivity contribution < 1.29 is 18.4 Å². The van der Waals surface area contributed by atoms with Gasteiger partial charge in [-0.05, 0) is 95.5 Å². The molecular weight excluding hydrogens is 529 g/mol. The Labute approximate surface area is 246 Å². The standard InChI is InChI=1S/C34H54O4Si2/c1-33(2,3)39(8,9)37-25-30-22-29(23-31(24-30)26-38-40(10,11)34(4,5)6)20-19-28-17-14-16-27(21-28)15-12-13-18-32(35)36-7/h14,16-17,19-24H,12-13,15,18,25-26H2,1-11H3. The van der Waals surface area contributed by atoms with Crippen LogP contribution in [0.5, 0.6) is 0 Å². The molecule has 0 amide bonds. The molecule has 0 saturated heterocycles. The highest BCUT2D eigenvalue weighted by Crippen LogP contribution is 2.38. The summed E-state index contributed by atoms with van der Waals surface area (Å²) in [5.41, 5.74) is 6.01. The van der Waals surface area contributed by atoms with Crippen LogP contribution in [-0.2, 0) is 38.0 Å². The zero-order valence-corrected chi connectivity index (χ0v) is 29.1. The summed E-state index contributed by atoms with van der Waals surface area (Å²) < 4.78 is 17.9. The first-order valence-corrected chi connectivity index (χ1v) is 20.5. The minimum absolute atomic E-state index is 0.136. The molecule has 2 rings (SSSR count). The second-order valence-electron chi connectivity index (χ2n) is 14.0. The molecule has 0 fully saturated rings. The molecule has 0 atom stereocenters. The molecule has 4 nitrogen and oxygen atoms in total. The second kappa shape index (κ2) is 14.3. The van der Waals surface area contributed by atoms with Crippen LogP contribution in [-0.4, -0.2) is 29.7 Å². The Balaban J connectivity index is 2.24. The normalized spacial score (nSPS) is 13.2. The summed E-state index contributed by atoms with van der Waals surface area (Å²) in [4.78, 5) is 11.4. The Kier molecular flexibility index (Phi) is 12.2. The molecule has 222 valence electrons. The third-order valence-electron chi connectivity index (χ3n) is 8.63. The average Bonchev–Trinajstić information content (AvgIpc) is 2.86. The SMILES string of the molecule is COC(=O)CCCCc1cccc(C=Cc2cc(CO[Si](C)(C)C(C)(C)C)cc(CO[Si](C)(C)C(C)(C)C)c2)c1. The van der Waals surface area contributed by atoms with E-state index < -0.39 is 16.6 Å². The maximum atomic E-state index is 11.4. The number of esters is 1. The van der Waals surface area contributed by atoms with Crippen molar-refractivity contribution in [1.29, 1.82) is 0 Å². The van der Waals surface area contributed by atoms with Crippen LogP contribution in [0.3, 0.4) is 0 Å². The third-order valence-corrected chi connectivity index (χ3v) is 17.6. The zero-order chi connectivity index (χ0) is 30.2. The molecule has 40 heavy (non-hydrogen) atoms. The molecule has 0 bridgehead atoms.